The zero-order valence-electron chi connectivity index (χ0n) is 12.1. The Hall–Kier alpha value is -1.22. The fourth-order valence-corrected chi connectivity index (χ4v) is 1.92. The second kappa shape index (κ2) is 7.27. The van der Waals surface area contributed by atoms with Crippen molar-refractivity contribution in [2.24, 2.45) is 5.92 Å². The number of para-hydroxylation sites is 1. The highest BCUT2D eigenvalue weighted by Crippen LogP contribution is 2.30. The number of methoxy groups -OCH3 is 2. The molecule has 0 amide bonds. The lowest BCUT2D eigenvalue weighted by Crippen LogP contribution is -2.31. The van der Waals surface area contributed by atoms with Crippen molar-refractivity contribution in [3.8, 4) is 11.5 Å². The van der Waals surface area contributed by atoms with Gasteiger partial charge >= 0.3 is 0 Å². The number of rotatable bonds is 7. The second-order valence-corrected chi connectivity index (χ2v) is 4.71. The lowest BCUT2D eigenvalue weighted by Gasteiger charge is -2.21. The van der Waals surface area contributed by atoms with E-state index >= 15 is 0 Å². The van der Waals surface area contributed by atoms with Crippen LogP contribution in [0.5, 0.6) is 11.5 Å². The quantitative estimate of drug-likeness (QED) is 0.807. The number of nitrogens with one attached hydrogen (secondary N) is 1. The molecular weight excluding hydrogens is 226 g/mol. The second-order valence-electron chi connectivity index (χ2n) is 4.71. The first kappa shape index (κ1) is 14.8. The molecule has 0 aromatic heterocycles. The Morgan fingerprint density at radius 1 is 1.17 bits per heavy atom. The Balaban J connectivity index is 2.72. The van der Waals surface area contributed by atoms with E-state index in [1.165, 1.54) is 6.42 Å². The Kier molecular flexibility index (Phi) is 5.99. The van der Waals surface area contributed by atoms with Crippen molar-refractivity contribution in [1.82, 2.24) is 5.32 Å². The maximum Gasteiger partial charge on any atom is 0.165 e. The van der Waals surface area contributed by atoms with Crippen LogP contribution in [0.3, 0.4) is 0 Å². The van der Waals surface area contributed by atoms with Gasteiger partial charge in [0, 0.05) is 18.2 Å². The van der Waals surface area contributed by atoms with Crippen LogP contribution in [0.15, 0.2) is 18.2 Å². The number of benzene rings is 1. The molecule has 1 rings (SSSR count). The van der Waals surface area contributed by atoms with Crippen LogP contribution >= 0.6 is 0 Å². The molecule has 0 saturated carbocycles. The van der Waals surface area contributed by atoms with Crippen molar-refractivity contribution >= 4 is 0 Å². The fourth-order valence-electron chi connectivity index (χ4n) is 1.92. The van der Waals surface area contributed by atoms with Gasteiger partial charge in [-0.25, -0.2) is 0 Å². The molecule has 0 heterocycles. The summed E-state index contributed by atoms with van der Waals surface area (Å²) in [6, 6.07) is 6.47. The Labute approximate surface area is 110 Å². The predicted octanol–water partition coefficient (Wildman–Crippen LogP) is 3.23. The smallest absolute Gasteiger partial charge is 0.165 e. The fraction of sp³-hybridized carbons (Fsp3) is 0.600. The van der Waals surface area contributed by atoms with Crippen LogP contribution in [0.1, 0.15) is 32.8 Å². The largest absolute Gasteiger partial charge is 0.493 e. The van der Waals surface area contributed by atoms with E-state index in [-0.39, 0.29) is 0 Å². The zero-order valence-corrected chi connectivity index (χ0v) is 12.1. The van der Waals surface area contributed by atoms with E-state index in [1.54, 1.807) is 14.2 Å². The molecule has 0 fully saturated rings. The summed E-state index contributed by atoms with van der Waals surface area (Å²) < 4.78 is 10.7. The SMILES string of the molecule is CCC(C)C(C)NCc1cccc(OC)c1OC. The van der Waals surface area contributed by atoms with Gasteiger partial charge in [-0.15, -0.1) is 0 Å². The van der Waals surface area contributed by atoms with Crippen molar-refractivity contribution < 1.29 is 9.47 Å². The van der Waals surface area contributed by atoms with E-state index in [2.05, 4.69) is 32.2 Å². The van der Waals surface area contributed by atoms with E-state index in [0.29, 0.717) is 12.0 Å². The predicted molar refractivity (Wildman–Crippen MR) is 75.3 cm³/mol. The zero-order chi connectivity index (χ0) is 13.5. The van der Waals surface area contributed by atoms with Crippen LogP contribution < -0.4 is 14.8 Å². The summed E-state index contributed by atoms with van der Waals surface area (Å²) in [7, 11) is 3.34. The van der Waals surface area contributed by atoms with E-state index in [0.717, 1.165) is 23.6 Å². The maximum atomic E-state index is 5.42. The molecule has 2 atom stereocenters. The van der Waals surface area contributed by atoms with Crippen molar-refractivity contribution in [3.05, 3.63) is 23.8 Å². The molecule has 102 valence electrons. The monoisotopic (exact) mass is 251 g/mol. The van der Waals surface area contributed by atoms with Crippen molar-refractivity contribution in [1.29, 1.82) is 0 Å². The number of hydrogen-bond acceptors (Lipinski definition) is 3. The molecule has 1 aromatic carbocycles. The minimum absolute atomic E-state index is 0.492. The van der Waals surface area contributed by atoms with Gasteiger partial charge in [0.25, 0.3) is 0 Å². The van der Waals surface area contributed by atoms with E-state index in [1.807, 2.05) is 12.1 Å². The Morgan fingerprint density at radius 2 is 1.89 bits per heavy atom. The molecular formula is C15H25NO2. The standard InChI is InChI=1S/C15H25NO2/c1-6-11(2)12(3)16-10-13-8-7-9-14(17-4)15(13)18-5/h7-9,11-12,16H,6,10H2,1-5H3. The van der Waals surface area contributed by atoms with Crippen molar-refractivity contribution in [2.45, 2.75) is 39.8 Å². The number of ether oxygens (including phenoxy) is 2. The minimum atomic E-state index is 0.492. The first-order chi connectivity index (χ1) is 8.63. The van der Waals surface area contributed by atoms with E-state index in [4.69, 9.17) is 9.47 Å². The molecule has 0 saturated heterocycles. The van der Waals surface area contributed by atoms with Crippen molar-refractivity contribution in [2.75, 3.05) is 14.2 Å². The summed E-state index contributed by atoms with van der Waals surface area (Å²) in [5, 5.41) is 3.54. The van der Waals surface area contributed by atoms with Gasteiger partial charge in [-0.05, 0) is 18.9 Å². The van der Waals surface area contributed by atoms with E-state index in [9.17, 15) is 0 Å². The van der Waals surface area contributed by atoms with Crippen LogP contribution in [0.4, 0.5) is 0 Å². The normalized spacial score (nSPS) is 14.1. The van der Waals surface area contributed by atoms with Gasteiger partial charge in [0.1, 0.15) is 0 Å². The van der Waals surface area contributed by atoms with Gasteiger partial charge < -0.3 is 14.8 Å². The Bertz CT molecular complexity index is 366. The molecule has 1 aromatic rings. The van der Waals surface area contributed by atoms with Gasteiger partial charge in [-0.1, -0.05) is 32.4 Å². The molecule has 18 heavy (non-hydrogen) atoms. The van der Waals surface area contributed by atoms with Gasteiger partial charge in [-0.3, -0.25) is 0 Å². The van der Waals surface area contributed by atoms with Gasteiger partial charge in [0.2, 0.25) is 0 Å². The molecule has 0 aliphatic carbocycles. The molecule has 2 unspecified atom stereocenters. The summed E-state index contributed by atoms with van der Waals surface area (Å²) in [5.74, 6) is 2.28. The topological polar surface area (TPSA) is 30.5 Å². The van der Waals surface area contributed by atoms with Gasteiger partial charge in [0.05, 0.1) is 14.2 Å². The molecule has 3 nitrogen and oxygen atoms in total. The summed E-state index contributed by atoms with van der Waals surface area (Å²) in [4.78, 5) is 0. The molecule has 0 bridgehead atoms. The molecule has 0 aliphatic heterocycles. The van der Waals surface area contributed by atoms with E-state index < -0.39 is 0 Å². The summed E-state index contributed by atoms with van der Waals surface area (Å²) in [6.07, 6.45) is 1.18. The van der Waals surface area contributed by atoms with Gasteiger partial charge in [0.15, 0.2) is 11.5 Å². The molecule has 3 heteroatoms. The average molecular weight is 251 g/mol. The Morgan fingerprint density at radius 3 is 2.44 bits per heavy atom. The first-order valence-corrected chi connectivity index (χ1v) is 6.57. The first-order valence-electron chi connectivity index (χ1n) is 6.57. The average Bonchev–Trinajstić information content (AvgIpc) is 2.42. The van der Waals surface area contributed by atoms with Crippen LogP contribution in [-0.2, 0) is 6.54 Å². The van der Waals surface area contributed by atoms with Gasteiger partial charge in [-0.2, -0.15) is 0 Å². The molecule has 0 radical (unpaired) electrons. The highest BCUT2D eigenvalue weighted by molar-refractivity contribution is 5.46. The van der Waals surface area contributed by atoms with Crippen LogP contribution in [0.25, 0.3) is 0 Å². The van der Waals surface area contributed by atoms with Crippen LogP contribution in [0.2, 0.25) is 0 Å². The third kappa shape index (κ3) is 3.64. The molecule has 1 N–H and O–H groups in total. The highest BCUT2D eigenvalue weighted by Gasteiger charge is 2.12. The lowest BCUT2D eigenvalue weighted by atomic mass is 10.0. The molecule has 0 spiro atoms. The van der Waals surface area contributed by atoms with Crippen molar-refractivity contribution in [3.63, 3.8) is 0 Å². The minimum Gasteiger partial charge on any atom is -0.493 e. The molecule has 0 aliphatic rings. The van der Waals surface area contributed by atoms with Crippen LogP contribution in [0, 0.1) is 5.92 Å². The third-order valence-corrected chi connectivity index (χ3v) is 3.60. The highest BCUT2D eigenvalue weighted by atomic mass is 16.5. The summed E-state index contributed by atoms with van der Waals surface area (Å²) in [6.45, 7) is 7.50. The lowest BCUT2D eigenvalue weighted by molar-refractivity contribution is 0.345. The maximum absolute atomic E-state index is 5.42. The van der Waals surface area contributed by atoms with Crippen LogP contribution in [-0.4, -0.2) is 20.3 Å². The summed E-state index contributed by atoms with van der Waals surface area (Å²) >= 11 is 0. The number of hydrogen-bond donors (Lipinski definition) is 1. The third-order valence-electron chi connectivity index (χ3n) is 3.60. The summed E-state index contributed by atoms with van der Waals surface area (Å²) in [5.41, 5.74) is 1.13.